The molecule has 0 aliphatic carbocycles. The molecule has 0 aliphatic rings. The minimum atomic E-state index is -0.190. The Morgan fingerprint density at radius 1 is 1.47 bits per heavy atom. The van der Waals surface area contributed by atoms with E-state index in [9.17, 15) is 9.59 Å². The number of carbonyl (C=O) groups excluding carboxylic acids is 2. The maximum Gasteiger partial charge on any atom is 0.231 e. The number of benzene rings is 1. The van der Waals surface area contributed by atoms with Gasteiger partial charge in [0.25, 0.3) is 0 Å². The van der Waals surface area contributed by atoms with Gasteiger partial charge < -0.3 is 5.32 Å². The number of nitriles is 1. The van der Waals surface area contributed by atoms with Gasteiger partial charge in [-0.2, -0.15) is 5.26 Å². The first-order valence-corrected chi connectivity index (χ1v) is 5.99. The van der Waals surface area contributed by atoms with Crippen LogP contribution in [0.25, 0.3) is 0 Å². The number of nitrogens with one attached hydrogen (secondary N) is 1. The molecular weight excluding hydrogens is 236 g/mol. The Bertz CT molecular complexity index is 466. The summed E-state index contributed by atoms with van der Waals surface area (Å²) in [5.41, 5.74) is 0.632. The fourth-order valence-corrected chi connectivity index (χ4v) is 1.93. The van der Waals surface area contributed by atoms with E-state index >= 15 is 0 Å². The highest BCUT2D eigenvalue weighted by atomic mass is 32.2. The first-order valence-electron chi connectivity index (χ1n) is 5.01. The average Bonchev–Trinajstić information content (AvgIpc) is 2.34. The summed E-state index contributed by atoms with van der Waals surface area (Å²) < 4.78 is 0. The van der Waals surface area contributed by atoms with Crippen molar-refractivity contribution in [2.75, 3.05) is 12.3 Å². The lowest BCUT2D eigenvalue weighted by molar-refractivity contribution is -0.118. The third-order valence-corrected chi connectivity index (χ3v) is 2.97. The fourth-order valence-electron chi connectivity index (χ4n) is 1.14. The number of rotatable bonds is 5. The van der Waals surface area contributed by atoms with E-state index in [0.29, 0.717) is 5.56 Å². The van der Waals surface area contributed by atoms with E-state index < -0.39 is 0 Å². The van der Waals surface area contributed by atoms with Crippen LogP contribution in [0.2, 0.25) is 0 Å². The van der Waals surface area contributed by atoms with Crippen LogP contribution in [0, 0.1) is 11.3 Å². The highest BCUT2D eigenvalue weighted by Crippen LogP contribution is 2.19. The first-order chi connectivity index (χ1) is 8.13. The van der Waals surface area contributed by atoms with Gasteiger partial charge in [0.15, 0.2) is 5.78 Å². The van der Waals surface area contributed by atoms with Gasteiger partial charge >= 0.3 is 0 Å². The van der Waals surface area contributed by atoms with Gasteiger partial charge in [-0.3, -0.25) is 9.59 Å². The summed E-state index contributed by atoms with van der Waals surface area (Å²) in [6, 6.07) is 8.95. The van der Waals surface area contributed by atoms with E-state index in [1.165, 1.54) is 18.7 Å². The summed E-state index contributed by atoms with van der Waals surface area (Å²) in [6.45, 7) is 1.52. The second-order valence-corrected chi connectivity index (χ2v) is 4.36. The summed E-state index contributed by atoms with van der Waals surface area (Å²) in [7, 11) is 0. The minimum Gasteiger partial charge on any atom is -0.342 e. The number of hydrogen-bond acceptors (Lipinski definition) is 4. The van der Waals surface area contributed by atoms with E-state index in [1.54, 1.807) is 18.2 Å². The summed E-state index contributed by atoms with van der Waals surface area (Å²) in [5.74, 6) is 0.0504. The Hall–Kier alpha value is -1.80. The van der Waals surface area contributed by atoms with Crippen molar-refractivity contribution in [2.45, 2.75) is 11.8 Å². The van der Waals surface area contributed by atoms with Crippen LogP contribution in [0.15, 0.2) is 29.2 Å². The van der Waals surface area contributed by atoms with Crippen molar-refractivity contribution in [1.82, 2.24) is 5.32 Å². The Kier molecular flexibility index (Phi) is 5.24. The van der Waals surface area contributed by atoms with Gasteiger partial charge in [0, 0.05) is 10.5 Å². The second kappa shape index (κ2) is 6.71. The topological polar surface area (TPSA) is 70.0 Å². The molecule has 88 valence electrons. The van der Waals surface area contributed by atoms with E-state index in [2.05, 4.69) is 5.32 Å². The van der Waals surface area contributed by atoms with Crippen molar-refractivity contribution >= 4 is 23.5 Å². The molecule has 1 aromatic rings. The molecule has 0 bridgehead atoms. The van der Waals surface area contributed by atoms with Gasteiger partial charge in [-0.25, -0.2) is 0 Å². The maximum absolute atomic E-state index is 11.2. The molecule has 1 N–H and O–H groups in total. The normalized spacial score (nSPS) is 9.41. The molecule has 0 saturated heterocycles. The van der Waals surface area contributed by atoms with Gasteiger partial charge in [-0.1, -0.05) is 12.1 Å². The number of nitrogens with zero attached hydrogens (tertiary/aromatic N) is 1. The molecule has 1 amide bonds. The summed E-state index contributed by atoms with van der Waals surface area (Å²) in [4.78, 5) is 23.3. The van der Waals surface area contributed by atoms with Crippen molar-refractivity contribution in [2.24, 2.45) is 0 Å². The van der Waals surface area contributed by atoms with Crippen molar-refractivity contribution < 1.29 is 9.59 Å². The Labute approximate surface area is 104 Å². The molecule has 0 unspecified atom stereocenters. The fraction of sp³-hybridized carbons (Fsp3) is 0.250. The Morgan fingerprint density at radius 2 is 2.24 bits per heavy atom. The Balaban J connectivity index is 2.52. The number of carbonyl (C=O) groups is 2. The van der Waals surface area contributed by atoms with Gasteiger partial charge in [0.05, 0.1) is 11.8 Å². The van der Waals surface area contributed by atoms with Crippen molar-refractivity contribution in [3.63, 3.8) is 0 Å². The second-order valence-electron chi connectivity index (χ2n) is 3.31. The van der Waals surface area contributed by atoms with Gasteiger partial charge in [-0.15, -0.1) is 11.8 Å². The lowest BCUT2D eigenvalue weighted by atomic mass is 10.2. The lowest BCUT2D eigenvalue weighted by Crippen LogP contribution is -2.25. The van der Waals surface area contributed by atoms with Gasteiger partial charge in [0.1, 0.15) is 6.54 Å². The third kappa shape index (κ3) is 4.70. The first kappa shape index (κ1) is 13.3. The molecule has 1 aromatic carbocycles. The number of hydrogen-bond donors (Lipinski definition) is 1. The summed E-state index contributed by atoms with van der Waals surface area (Å²) >= 11 is 1.34. The lowest BCUT2D eigenvalue weighted by Gasteiger charge is -2.03. The van der Waals surface area contributed by atoms with Crippen molar-refractivity contribution in [1.29, 1.82) is 5.26 Å². The van der Waals surface area contributed by atoms with Gasteiger partial charge in [0.2, 0.25) is 5.91 Å². The quantitative estimate of drug-likeness (QED) is 0.488. The minimum absolute atomic E-state index is 0.00128. The monoisotopic (exact) mass is 248 g/mol. The number of amides is 1. The van der Waals surface area contributed by atoms with Crippen LogP contribution < -0.4 is 5.32 Å². The van der Waals surface area contributed by atoms with Crippen LogP contribution in [-0.4, -0.2) is 24.0 Å². The highest BCUT2D eigenvalue weighted by molar-refractivity contribution is 8.00. The summed E-state index contributed by atoms with van der Waals surface area (Å²) in [5, 5.41) is 10.7. The van der Waals surface area contributed by atoms with E-state index in [0.717, 1.165) is 4.90 Å². The Morgan fingerprint density at radius 3 is 2.88 bits per heavy atom. The number of thioether (sulfide) groups is 1. The largest absolute Gasteiger partial charge is 0.342 e. The molecule has 0 atom stereocenters. The van der Waals surface area contributed by atoms with Crippen molar-refractivity contribution in [3.8, 4) is 6.07 Å². The third-order valence-electron chi connectivity index (χ3n) is 1.98. The van der Waals surface area contributed by atoms with Crippen LogP contribution in [0.4, 0.5) is 0 Å². The molecule has 17 heavy (non-hydrogen) atoms. The molecule has 1 rings (SSSR count). The molecule has 0 saturated carbocycles. The molecule has 0 radical (unpaired) electrons. The van der Waals surface area contributed by atoms with Crippen LogP contribution >= 0.6 is 11.8 Å². The molecule has 5 heteroatoms. The zero-order chi connectivity index (χ0) is 12.7. The standard InChI is InChI=1S/C12H12N2O2S/c1-9(15)10-3-2-4-11(7-10)17-8-12(16)14-6-5-13/h2-4,7H,6,8H2,1H3,(H,14,16). The average molecular weight is 248 g/mol. The number of ketones is 1. The van der Waals surface area contributed by atoms with E-state index in [1.807, 2.05) is 12.1 Å². The highest BCUT2D eigenvalue weighted by Gasteiger charge is 2.04. The van der Waals surface area contributed by atoms with Crippen LogP contribution in [-0.2, 0) is 4.79 Å². The van der Waals surface area contributed by atoms with Crippen LogP contribution in [0.5, 0.6) is 0 Å². The molecule has 0 spiro atoms. The molecule has 0 aromatic heterocycles. The molecular formula is C12H12N2O2S. The zero-order valence-electron chi connectivity index (χ0n) is 9.40. The molecule has 4 nitrogen and oxygen atoms in total. The summed E-state index contributed by atoms with van der Waals surface area (Å²) in [6.07, 6.45) is 0. The molecule has 0 heterocycles. The molecule has 0 aliphatic heterocycles. The molecule has 0 fully saturated rings. The predicted octanol–water partition coefficient (Wildman–Crippen LogP) is 1.62. The van der Waals surface area contributed by atoms with Crippen LogP contribution in [0.1, 0.15) is 17.3 Å². The number of Topliss-reactive ketones (excluding diaryl/α,β-unsaturated/α-hetero) is 1. The van der Waals surface area contributed by atoms with Gasteiger partial charge in [-0.05, 0) is 19.1 Å². The van der Waals surface area contributed by atoms with E-state index in [-0.39, 0.29) is 24.0 Å². The maximum atomic E-state index is 11.2. The zero-order valence-corrected chi connectivity index (χ0v) is 10.2. The van der Waals surface area contributed by atoms with E-state index in [4.69, 9.17) is 5.26 Å². The SMILES string of the molecule is CC(=O)c1cccc(SCC(=O)NCC#N)c1. The smallest absolute Gasteiger partial charge is 0.231 e. The predicted molar refractivity (Wildman–Crippen MR) is 65.8 cm³/mol. The van der Waals surface area contributed by atoms with Crippen molar-refractivity contribution in [3.05, 3.63) is 29.8 Å². The van der Waals surface area contributed by atoms with Crippen LogP contribution in [0.3, 0.4) is 0 Å².